The van der Waals surface area contributed by atoms with Crippen LogP contribution in [-0.4, -0.2) is 29.1 Å². The van der Waals surface area contributed by atoms with Gasteiger partial charge in [-0.15, -0.1) is 0 Å². The van der Waals surface area contributed by atoms with Crippen LogP contribution in [0.15, 0.2) is 60.7 Å². The number of aromatic carboxylic acids is 1. The number of carboxylic acid groups (broad SMARTS) is 1. The van der Waals surface area contributed by atoms with Crippen molar-refractivity contribution in [3.8, 4) is 11.1 Å². The Morgan fingerprint density at radius 1 is 1.00 bits per heavy atom. The van der Waals surface area contributed by atoms with Gasteiger partial charge in [-0.25, -0.2) is 4.79 Å². The summed E-state index contributed by atoms with van der Waals surface area (Å²) >= 11 is 6.67. The summed E-state index contributed by atoms with van der Waals surface area (Å²) in [6.07, 6.45) is 4.49. The topological polar surface area (TPSA) is 56.3 Å². The second-order valence-corrected chi connectivity index (χ2v) is 9.35. The highest BCUT2D eigenvalue weighted by molar-refractivity contribution is 6.34. The Hall–Kier alpha value is -3.24. The largest absolute Gasteiger partial charge is 0.478 e. The maximum atomic E-state index is 11.5. The fourth-order valence-corrected chi connectivity index (χ4v) is 5.04. The van der Waals surface area contributed by atoms with Crippen LogP contribution >= 0.6 is 11.6 Å². The van der Waals surface area contributed by atoms with Crippen LogP contribution in [0.25, 0.3) is 22.0 Å². The zero-order chi connectivity index (χ0) is 22.9. The van der Waals surface area contributed by atoms with Crippen LogP contribution in [0.2, 0.25) is 5.02 Å². The zero-order valence-corrected chi connectivity index (χ0v) is 19.5. The van der Waals surface area contributed by atoms with E-state index in [-0.39, 0.29) is 0 Å². The number of halogens is 1. The van der Waals surface area contributed by atoms with Crippen molar-refractivity contribution in [2.24, 2.45) is 0 Å². The van der Waals surface area contributed by atoms with Crippen LogP contribution in [0.3, 0.4) is 0 Å². The Kier molecular flexibility index (Phi) is 5.86. The Labute approximate surface area is 198 Å². The van der Waals surface area contributed by atoms with Crippen molar-refractivity contribution >= 4 is 34.2 Å². The van der Waals surface area contributed by atoms with Gasteiger partial charge >= 0.3 is 5.97 Å². The highest BCUT2D eigenvalue weighted by atomic mass is 35.5. The Morgan fingerprint density at radius 3 is 2.48 bits per heavy atom. The number of piperidine rings is 1. The molecule has 0 aliphatic carbocycles. The normalized spacial score (nSPS) is 14.1. The summed E-state index contributed by atoms with van der Waals surface area (Å²) in [5.74, 6) is -0.895. The molecule has 33 heavy (non-hydrogen) atoms. The number of benzene rings is 3. The molecule has 4 aromatic rings. The smallest absolute Gasteiger partial charge is 0.335 e. The summed E-state index contributed by atoms with van der Waals surface area (Å²) in [6, 6.07) is 20.5. The summed E-state index contributed by atoms with van der Waals surface area (Å²) < 4.78 is 0. The van der Waals surface area contributed by atoms with E-state index in [0.717, 1.165) is 51.9 Å². The lowest BCUT2D eigenvalue weighted by molar-refractivity contribution is 0.0696. The number of anilines is 1. The van der Waals surface area contributed by atoms with Gasteiger partial charge in [0.2, 0.25) is 0 Å². The SMILES string of the molecule is Cc1ccc(Cc2cc3cc(-c4ccc(N5CCCCC5)cc4)c(Cl)cc3[nH]2)cc1C(=O)O. The molecule has 0 spiro atoms. The van der Waals surface area contributed by atoms with Crippen LogP contribution in [0, 0.1) is 6.92 Å². The molecule has 0 amide bonds. The molecular weight excluding hydrogens is 432 g/mol. The van der Waals surface area contributed by atoms with Gasteiger partial charge in [0.1, 0.15) is 0 Å². The minimum Gasteiger partial charge on any atom is -0.478 e. The van der Waals surface area contributed by atoms with E-state index < -0.39 is 5.97 Å². The summed E-state index contributed by atoms with van der Waals surface area (Å²) in [7, 11) is 0. The first kappa shape index (κ1) is 21.6. The second-order valence-electron chi connectivity index (χ2n) is 8.94. The van der Waals surface area contributed by atoms with Gasteiger partial charge in [0.05, 0.1) is 10.6 Å². The molecule has 2 heterocycles. The van der Waals surface area contributed by atoms with Crippen LogP contribution in [-0.2, 0) is 6.42 Å². The number of rotatable bonds is 5. The van der Waals surface area contributed by atoms with E-state index in [1.807, 2.05) is 25.1 Å². The number of H-pyrrole nitrogens is 1. The average Bonchev–Trinajstić information content (AvgIpc) is 3.21. The third-order valence-corrected chi connectivity index (χ3v) is 6.90. The maximum Gasteiger partial charge on any atom is 0.335 e. The van der Waals surface area contributed by atoms with Gasteiger partial charge in [-0.1, -0.05) is 35.9 Å². The van der Waals surface area contributed by atoms with Crippen molar-refractivity contribution in [1.82, 2.24) is 4.98 Å². The molecule has 5 rings (SSSR count). The Balaban J connectivity index is 1.41. The van der Waals surface area contributed by atoms with Gasteiger partial charge < -0.3 is 15.0 Å². The number of fused-ring (bicyclic) bond motifs is 1. The fraction of sp³-hybridized carbons (Fsp3) is 0.250. The molecule has 4 nitrogen and oxygen atoms in total. The number of carbonyl (C=O) groups is 1. The summed E-state index contributed by atoms with van der Waals surface area (Å²) in [6.45, 7) is 4.08. The number of carboxylic acids is 1. The van der Waals surface area contributed by atoms with Crippen molar-refractivity contribution < 1.29 is 9.90 Å². The molecule has 1 fully saturated rings. The number of nitrogens with zero attached hydrogens (tertiary/aromatic N) is 1. The summed E-state index contributed by atoms with van der Waals surface area (Å²) in [5, 5.41) is 11.2. The molecule has 0 atom stereocenters. The molecule has 2 N–H and O–H groups in total. The predicted octanol–water partition coefficient (Wildman–Crippen LogP) is 7.08. The van der Waals surface area contributed by atoms with Crippen LogP contribution < -0.4 is 4.90 Å². The molecule has 0 bridgehead atoms. The van der Waals surface area contributed by atoms with E-state index in [0.29, 0.717) is 17.0 Å². The van der Waals surface area contributed by atoms with Crippen molar-refractivity contribution in [1.29, 1.82) is 0 Å². The first-order valence-corrected chi connectivity index (χ1v) is 11.8. The standard InChI is InChI=1S/C28H27ClN2O2/c1-18-5-6-19(14-24(18)28(32)33)13-22-15-21-16-25(26(29)17-27(21)30-22)20-7-9-23(10-8-20)31-11-3-2-4-12-31/h5-10,14-17,30H,2-4,11-13H2,1H3,(H,32,33). The lowest BCUT2D eigenvalue weighted by Gasteiger charge is -2.28. The maximum absolute atomic E-state index is 11.5. The summed E-state index contributed by atoms with van der Waals surface area (Å²) in [5.41, 5.74) is 7.49. The minimum atomic E-state index is -0.895. The van der Waals surface area contributed by atoms with Gasteiger partial charge in [-0.05, 0) is 79.3 Å². The molecular formula is C28H27ClN2O2. The lowest BCUT2D eigenvalue weighted by Crippen LogP contribution is -2.29. The predicted molar refractivity (Wildman–Crippen MR) is 136 cm³/mol. The van der Waals surface area contributed by atoms with Crippen molar-refractivity contribution in [3.63, 3.8) is 0 Å². The Morgan fingerprint density at radius 2 is 1.76 bits per heavy atom. The van der Waals surface area contributed by atoms with E-state index in [2.05, 4.69) is 46.3 Å². The molecule has 0 radical (unpaired) electrons. The number of aromatic nitrogens is 1. The molecule has 0 unspecified atom stereocenters. The molecule has 1 aliphatic heterocycles. The number of aryl methyl sites for hydroxylation is 1. The van der Waals surface area contributed by atoms with E-state index in [1.54, 1.807) is 6.07 Å². The molecule has 0 saturated carbocycles. The van der Waals surface area contributed by atoms with E-state index in [4.69, 9.17) is 11.6 Å². The van der Waals surface area contributed by atoms with E-state index in [9.17, 15) is 9.90 Å². The van der Waals surface area contributed by atoms with Gasteiger partial charge in [-0.3, -0.25) is 0 Å². The third kappa shape index (κ3) is 4.49. The van der Waals surface area contributed by atoms with Crippen LogP contribution in [0.4, 0.5) is 5.69 Å². The highest BCUT2D eigenvalue weighted by Crippen LogP contribution is 2.34. The third-order valence-electron chi connectivity index (χ3n) is 6.59. The van der Waals surface area contributed by atoms with Gasteiger partial charge in [0.25, 0.3) is 0 Å². The second kappa shape index (κ2) is 8.95. The van der Waals surface area contributed by atoms with Crippen molar-refractivity contribution in [2.75, 3.05) is 18.0 Å². The molecule has 5 heteroatoms. The molecule has 168 valence electrons. The molecule has 1 aromatic heterocycles. The summed E-state index contributed by atoms with van der Waals surface area (Å²) in [4.78, 5) is 17.4. The molecule has 3 aromatic carbocycles. The quantitative estimate of drug-likeness (QED) is 0.336. The zero-order valence-electron chi connectivity index (χ0n) is 18.7. The first-order valence-electron chi connectivity index (χ1n) is 11.5. The van der Waals surface area contributed by atoms with Gasteiger partial charge in [0.15, 0.2) is 0 Å². The van der Waals surface area contributed by atoms with Gasteiger partial charge in [0, 0.05) is 47.4 Å². The monoisotopic (exact) mass is 458 g/mol. The van der Waals surface area contributed by atoms with Crippen molar-refractivity contribution in [3.05, 3.63) is 88.1 Å². The number of nitrogens with one attached hydrogen (secondary N) is 1. The molecule has 1 aliphatic rings. The fourth-order valence-electron chi connectivity index (χ4n) is 4.76. The number of hydrogen-bond acceptors (Lipinski definition) is 2. The van der Waals surface area contributed by atoms with Crippen molar-refractivity contribution in [2.45, 2.75) is 32.6 Å². The van der Waals surface area contributed by atoms with E-state index >= 15 is 0 Å². The average molecular weight is 459 g/mol. The molecule has 1 saturated heterocycles. The van der Waals surface area contributed by atoms with E-state index in [1.165, 1.54) is 24.9 Å². The lowest BCUT2D eigenvalue weighted by atomic mass is 10.0. The van der Waals surface area contributed by atoms with Gasteiger partial charge in [-0.2, -0.15) is 0 Å². The van der Waals surface area contributed by atoms with Crippen LogP contribution in [0.1, 0.15) is 46.4 Å². The number of aromatic amines is 1. The minimum absolute atomic E-state index is 0.349. The Bertz CT molecular complexity index is 1320. The highest BCUT2D eigenvalue weighted by Gasteiger charge is 2.13. The number of hydrogen-bond donors (Lipinski definition) is 2. The van der Waals surface area contributed by atoms with Crippen LogP contribution in [0.5, 0.6) is 0 Å². The first-order chi connectivity index (χ1) is 16.0.